The van der Waals surface area contributed by atoms with Crippen molar-refractivity contribution in [2.24, 2.45) is 0 Å². The lowest BCUT2D eigenvalue weighted by Gasteiger charge is -2.14. The van der Waals surface area contributed by atoms with Gasteiger partial charge in [0.25, 0.3) is 0 Å². The van der Waals surface area contributed by atoms with Crippen molar-refractivity contribution in [2.75, 3.05) is 26.8 Å². The van der Waals surface area contributed by atoms with Gasteiger partial charge in [0.15, 0.2) is 0 Å². The highest BCUT2D eigenvalue weighted by molar-refractivity contribution is 5.33. The Morgan fingerprint density at radius 2 is 2.12 bits per heavy atom. The minimum Gasteiger partial charge on any atom is -0.491 e. The molecule has 0 heterocycles. The summed E-state index contributed by atoms with van der Waals surface area (Å²) < 4.78 is 5.50. The lowest BCUT2D eigenvalue weighted by atomic mass is 10.1. The molecule has 1 aromatic rings. The molecule has 0 aromatic heterocycles. The van der Waals surface area contributed by atoms with E-state index in [2.05, 4.69) is 5.32 Å². The molecule has 1 rings (SSSR count). The van der Waals surface area contributed by atoms with Gasteiger partial charge in [0.2, 0.25) is 0 Å². The molecule has 1 aromatic carbocycles. The van der Waals surface area contributed by atoms with Gasteiger partial charge in [-0.05, 0) is 25.1 Å². The van der Waals surface area contributed by atoms with Gasteiger partial charge >= 0.3 is 0 Å². The Balaban J connectivity index is 2.52. The van der Waals surface area contributed by atoms with Gasteiger partial charge in [-0.2, -0.15) is 0 Å². The Morgan fingerprint density at radius 3 is 2.81 bits per heavy atom. The van der Waals surface area contributed by atoms with Crippen molar-refractivity contribution in [3.63, 3.8) is 0 Å². The monoisotopic (exact) mass is 225 g/mol. The molecule has 90 valence electrons. The van der Waals surface area contributed by atoms with Gasteiger partial charge in [0.1, 0.15) is 18.5 Å². The first kappa shape index (κ1) is 13.0. The van der Waals surface area contributed by atoms with Crippen molar-refractivity contribution in [1.82, 2.24) is 5.32 Å². The molecule has 0 aliphatic rings. The molecule has 0 aliphatic heterocycles. The van der Waals surface area contributed by atoms with Crippen LogP contribution in [-0.2, 0) is 6.42 Å². The van der Waals surface area contributed by atoms with Crippen LogP contribution in [0.1, 0.15) is 5.56 Å². The number of ether oxygens (including phenoxy) is 1. The molecular weight excluding hydrogens is 206 g/mol. The van der Waals surface area contributed by atoms with Gasteiger partial charge < -0.3 is 20.3 Å². The first-order chi connectivity index (χ1) is 7.77. The highest BCUT2D eigenvalue weighted by Crippen LogP contribution is 2.18. The fraction of sp³-hybridized carbons (Fsp3) is 0.500. The topological polar surface area (TPSA) is 61.7 Å². The third-order valence-corrected chi connectivity index (χ3v) is 2.22. The largest absolute Gasteiger partial charge is 0.491 e. The first-order valence-electron chi connectivity index (χ1n) is 5.42. The van der Waals surface area contributed by atoms with Crippen LogP contribution >= 0.6 is 0 Å². The van der Waals surface area contributed by atoms with Crippen LogP contribution in [0.3, 0.4) is 0 Å². The second-order valence-electron chi connectivity index (χ2n) is 3.60. The van der Waals surface area contributed by atoms with Crippen LogP contribution in [0, 0.1) is 0 Å². The zero-order valence-electron chi connectivity index (χ0n) is 9.52. The lowest BCUT2D eigenvalue weighted by molar-refractivity contribution is 0.107. The summed E-state index contributed by atoms with van der Waals surface area (Å²) in [7, 11) is 1.78. The van der Waals surface area contributed by atoms with Gasteiger partial charge in [0.05, 0.1) is 0 Å². The average Bonchev–Trinajstić information content (AvgIpc) is 2.29. The molecule has 0 fully saturated rings. The van der Waals surface area contributed by atoms with E-state index >= 15 is 0 Å². The first-order valence-corrected chi connectivity index (χ1v) is 5.42. The third-order valence-electron chi connectivity index (χ3n) is 2.22. The summed E-state index contributed by atoms with van der Waals surface area (Å²) in [6.45, 7) is 0.852. The summed E-state index contributed by atoms with van der Waals surface area (Å²) in [6.07, 6.45) is 0.0466. The fourth-order valence-electron chi connectivity index (χ4n) is 1.45. The lowest BCUT2D eigenvalue weighted by Crippen LogP contribution is -2.29. The molecule has 4 nitrogen and oxygen atoms in total. The van der Waals surface area contributed by atoms with Gasteiger partial charge in [-0.25, -0.2) is 0 Å². The van der Waals surface area contributed by atoms with Crippen LogP contribution in [0.25, 0.3) is 0 Å². The van der Waals surface area contributed by atoms with E-state index in [0.717, 1.165) is 11.3 Å². The summed E-state index contributed by atoms with van der Waals surface area (Å²) in [5.74, 6) is 0.728. The standard InChI is InChI=1S/C12H19NO3/c1-13-8-11(15)9-16-12-5-3-2-4-10(12)6-7-14/h2-5,11,13-15H,6-9H2,1H3. The van der Waals surface area contributed by atoms with Gasteiger partial charge in [-0.1, -0.05) is 18.2 Å². The number of hydrogen-bond acceptors (Lipinski definition) is 4. The predicted octanol–water partition coefficient (Wildman–Crippen LogP) is 0.180. The van der Waals surface area contributed by atoms with Crippen LogP contribution in [0.4, 0.5) is 0 Å². The van der Waals surface area contributed by atoms with Crippen molar-refractivity contribution in [1.29, 1.82) is 0 Å². The van der Waals surface area contributed by atoms with Crippen LogP contribution in [0.15, 0.2) is 24.3 Å². The van der Waals surface area contributed by atoms with E-state index in [1.807, 2.05) is 24.3 Å². The number of rotatable bonds is 7. The number of nitrogens with one attached hydrogen (secondary N) is 1. The molecular formula is C12H19NO3. The molecule has 0 saturated heterocycles. The molecule has 0 amide bonds. The number of aliphatic hydroxyl groups is 2. The second-order valence-corrected chi connectivity index (χ2v) is 3.60. The molecule has 0 aliphatic carbocycles. The summed E-state index contributed by atoms with van der Waals surface area (Å²) in [5.41, 5.74) is 0.960. The van der Waals surface area contributed by atoms with Crippen molar-refractivity contribution in [2.45, 2.75) is 12.5 Å². The van der Waals surface area contributed by atoms with Gasteiger partial charge in [-0.15, -0.1) is 0 Å². The minimum atomic E-state index is -0.521. The molecule has 0 radical (unpaired) electrons. The molecule has 1 unspecified atom stereocenters. The van der Waals surface area contributed by atoms with Crippen molar-refractivity contribution in [3.8, 4) is 5.75 Å². The predicted molar refractivity (Wildman–Crippen MR) is 62.7 cm³/mol. The number of aliphatic hydroxyl groups excluding tert-OH is 2. The Kier molecular flexibility index (Phi) is 5.85. The maximum absolute atomic E-state index is 9.49. The highest BCUT2D eigenvalue weighted by atomic mass is 16.5. The zero-order valence-corrected chi connectivity index (χ0v) is 9.52. The van der Waals surface area contributed by atoms with E-state index in [0.29, 0.717) is 13.0 Å². The van der Waals surface area contributed by atoms with E-state index in [1.165, 1.54) is 0 Å². The normalized spacial score (nSPS) is 12.4. The average molecular weight is 225 g/mol. The van der Waals surface area contributed by atoms with Crippen LogP contribution in [0.5, 0.6) is 5.75 Å². The summed E-state index contributed by atoms with van der Waals surface area (Å²) in [4.78, 5) is 0. The number of hydrogen-bond donors (Lipinski definition) is 3. The minimum absolute atomic E-state index is 0.0967. The molecule has 3 N–H and O–H groups in total. The Hall–Kier alpha value is -1.10. The molecule has 0 saturated carbocycles. The maximum Gasteiger partial charge on any atom is 0.122 e. The van der Waals surface area contributed by atoms with Crippen molar-refractivity contribution >= 4 is 0 Å². The van der Waals surface area contributed by atoms with E-state index in [1.54, 1.807) is 7.05 Å². The maximum atomic E-state index is 9.49. The van der Waals surface area contributed by atoms with E-state index in [4.69, 9.17) is 9.84 Å². The highest BCUT2D eigenvalue weighted by Gasteiger charge is 2.06. The Bertz CT molecular complexity index is 304. The molecule has 0 bridgehead atoms. The zero-order chi connectivity index (χ0) is 11.8. The van der Waals surface area contributed by atoms with Gasteiger partial charge in [-0.3, -0.25) is 0 Å². The summed E-state index contributed by atoms with van der Waals surface area (Å²) in [6, 6.07) is 7.54. The summed E-state index contributed by atoms with van der Waals surface area (Å²) in [5, 5.41) is 21.3. The molecule has 16 heavy (non-hydrogen) atoms. The Morgan fingerprint density at radius 1 is 1.38 bits per heavy atom. The van der Waals surface area contributed by atoms with Crippen molar-refractivity contribution in [3.05, 3.63) is 29.8 Å². The van der Waals surface area contributed by atoms with E-state index in [9.17, 15) is 5.11 Å². The molecule has 0 spiro atoms. The smallest absolute Gasteiger partial charge is 0.122 e. The van der Waals surface area contributed by atoms with Crippen molar-refractivity contribution < 1.29 is 14.9 Å². The Labute approximate surface area is 95.9 Å². The van der Waals surface area contributed by atoms with Crippen LogP contribution < -0.4 is 10.1 Å². The van der Waals surface area contributed by atoms with Crippen LogP contribution in [0.2, 0.25) is 0 Å². The SMILES string of the molecule is CNCC(O)COc1ccccc1CCO. The van der Waals surface area contributed by atoms with E-state index < -0.39 is 6.10 Å². The summed E-state index contributed by atoms with van der Waals surface area (Å²) >= 11 is 0. The van der Waals surface area contributed by atoms with E-state index in [-0.39, 0.29) is 13.2 Å². The molecule has 4 heteroatoms. The number of para-hydroxylation sites is 1. The molecule has 1 atom stereocenters. The second kappa shape index (κ2) is 7.22. The third kappa shape index (κ3) is 4.18. The van der Waals surface area contributed by atoms with Crippen LogP contribution in [-0.4, -0.2) is 43.1 Å². The number of likely N-dealkylation sites (N-methyl/N-ethyl adjacent to an activating group) is 1. The quantitative estimate of drug-likeness (QED) is 0.619. The fourth-order valence-corrected chi connectivity index (χ4v) is 1.45. The van der Waals surface area contributed by atoms with Gasteiger partial charge in [0, 0.05) is 13.2 Å². The number of benzene rings is 1.